The van der Waals surface area contributed by atoms with Gasteiger partial charge in [-0.05, 0) is 31.9 Å². The molecule has 23 heavy (non-hydrogen) atoms. The summed E-state index contributed by atoms with van der Waals surface area (Å²) in [6, 6.07) is 6.47. The molecule has 2 N–H and O–H groups in total. The van der Waals surface area contributed by atoms with Crippen LogP contribution < -0.4 is 10.6 Å². The Hall–Kier alpha value is -1.64. The van der Waals surface area contributed by atoms with Crippen LogP contribution >= 0.6 is 24.0 Å². The van der Waals surface area contributed by atoms with E-state index in [9.17, 15) is 0 Å². The molecule has 2 aromatic rings. The smallest absolute Gasteiger partial charge is 0.191 e. The van der Waals surface area contributed by atoms with Crippen molar-refractivity contribution in [2.45, 2.75) is 40.4 Å². The molecule has 0 atom stereocenters. The number of hydrogen-bond acceptors (Lipinski definition) is 3. The van der Waals surface area contributed by atoms with Gasteiger partial charge in [0.25, 0.3) is 0 Å². The quantitative estimate of drug-likeness (QED) is 0.436. The molecule has 0 saturated carbocycles. The third-order valence-corrected chi connectivity index (χ3v) is 3.62. The number of nitrogens with one attached hydrogen (secondary N) is 2. The maximum Gasteiger partial charge on any atom is 0.191 e. The molecule has 0 unspecified atom stereocenters. The molecular weight excluding hydrogens is 403 g/mol. The molecule has 0 bridgehead atoms. The number of hydrogen-bond donors (Lipinski definition) is 2. The Bertz CT molecular complexity index is 650. The highest BCUT2D eigenvalue weighted by atomic mass is 127. The van der Waals surface area contributed by atoms with Crippen LogP contribution in [0.1, 0.15) is 29.4 Å². The molecule has 6 nitrogen and oxygen atoms in total. The largest absolute Gasteiger partial charge is 0.352 e. The van der Waals surface area contributed by atoms with Gasteiger partial charge in [0.15, 0.2) is 11.8 Å². The van der Waals surface area contributed by atoms with Gasteiger partial charge in [0.1, 0.15) is 6.33 Å². The highest BCUT2D eigenvalue weighted by Gasteiger charge is 2.05. The Labute approximate surface area is 154 Å². The fourth-order valence-corrected chi connectivity index (χ4v) is 2.29. The molecule has 0 amide bonds. The van der Waals surface area contributed by atoms with Crippen LogP contribution in [0.2, 0.25) is 0 Å². The van der Waals surface area contributed by atoms with Crippen molar-refractivity contribution in [3.05, 3.63) is 47.0 Å². The summed E-state index contributed by atoms with van der Waals surface area (Å²) in [6.07, 6.45) is 1.74. The van der Waals surface area contributed by atoms with Crippen LogP contribution in [-0.4, -0.2) is 27.8 Å². The molecule has 0 fully saturated rings. The fourth-order valence-electron chi connectivity index (χ4n) is 2.29. The van der Waals surface area contributed by atoms with Crippen LogP contribution in [0.3, 0.4) is 0 Å². The number of rotatable bonds is 5. The summed E-state index contributed by atoms with van der Waals surface area (Å²) < 4.78 is 2.00. The maximum atomic E-state index is 4.24. The Morgan fingerprint density at radius 2 is 1.96 bits per heavy atom. The zero-order valence-electron chi connectivity index (χ0n) is 14.1. The van der Waals surface area contributed by atoms with Gasteiger partial charge in [0, 0.05) is 20.1 Å². The third kappa shape index (κ3) is 5.49. The zero-order chi connectivity index (χ0) is 15.9. The van der Waals surface area contributed by atoms with Gasteiger partial charge in [0.05, 0.1) is 6.54 Å². The third-order valence-electron chi connectivity index (χ3n) is 3.62. The van der Waals surface area contributed by atoms with Crippen molar-refractivity contribution >= 4 is 29.9 Å². The van der Waals surface area contributed by atoms with Crippen molar-refractivity contribution in [3.63, 3.8) is 0 Å². The summed E-state index contributed by atoms with van der Waals surface area (Å²) in [4.78, 5) is 4.24. The molecule has 2 rings (SSSR count). The van der Waals surface area contributed by atoms with Crippen LogP contribution in [0, 0.1) is 13.8 Å². The molecule has 7 heteroatoms. The van der Waals surface area contributed by atoms with Crippen LogP contribution in [0.4, 0.5) is 0 Å². The van der Waals surface area contributed by atoms with Crippen molar-refractivity contribution in [2.75, 3.05) is 7.05 Å². The van der Waals surface area contributed by atoms with Gasteiger partial charge in [-0.2, -0.15) is 0 Å². The van der Waals surface area contributed by atoms with E-state index < -0.39 is 0 Å². The molecule has 0 aliphatic carbocycles. The highest BCUT2D eigenvalue weighted by molar-refractivity contribution is 14.0. The number of aliphatic imine (C=N–C) groups is 1. The molecule has 0 aliphatic heterocycles. The number of halogens is 1. The number of aromatic nitrogens is 3. The molecular formula is C16H25IN6. The fraction of sp³-hybridized carbons (Fsp3) is 0.438. The van der Waals surface area contributed by atoms with E-state index in [1.165, 1.54) is 16.7 Å². The molecule has 0 spiro atoms. The van der Waals surface area contributed by atoms with Crippen molar-refractivity contribution in [1.29, 1.82) is 0 Å². The minimum Gasteiger partial charge on any atom is -0.352 e. The number of nitrogens with zero attached hydrogens (tertiary/aromatic N) is 4. The van der Waals surface area contributed by atoms with Crippen molar-refractivity contribution < 1.29 is 0 Å². The van der Waals surface area contributed by atoms with Gasteiger partial charge < -0.3 is 15.2 Å². The monoisotopic (exact) mass is 428 g/mol. The summed E-state index contributed by atoms with van der Waals surface area (Å²) in [7, 11) is 1.77. The second-order valence-electron chi connectivity index (χ2n) is 5.24. The highest BCUT2D eigenvalue weighted by Crippen LogP contribution is 2.09. The van der Waals surface area contributed by atoms with E-state index in [0.717, 1.165) is 24.9 Å². The second-order valence-corrected chi connectivity index (χ2v) is 5.24. The van der Waals surface area contributed by atoms with E-state index in [-0.39, 0.29) is 24.0 Å². The number of guanidine groups is 1. The van der Waals surface area contributed by atoms with Crippen molar-refractivity contribution in [2.24, 2.45) is 4.99 Å². The SMILES string of the molecule is CCn1cnnc1CNC(=NC)NCc1ccc(C)cc1C.I. The first-order valence-electron chi connectivity index (χ1n) is 7.51. The molecule has 1 aromatic carbocycles. The van der Waals surface area contributed by atoms with E-state index in [4.69, 9.17) is 0 Å². The van der Waals surface area contributed by atoms with E-state index >= 15 is 0 Å². The molecule has 126 valence electrons. The molecule has 0 saturated heterocycles. The average molecular weight is 428 g/mol. The molecule has 0 aliphatic rings. The van der Waals surface area contributed by atoms with Crippen LogP contribution in [-0.2, 0) is 19.6 Å². The summed E-state index contributed by atoms with van der Waals surface area (Å²) in [6.45, 7) is 8.50. The normalized spacial score (nSPS) is 11.0. The molecule has 0 radical (unpaired) electrons. The lowest BCUT2D eigenvalue weighted by molar-refractivity contribution is 0.669. The van der Waals surface area contributed by atoms with Gasteiger partial charge >= 0.3 is 0 Å². The minimum absolute atomic E-state index is 0. The van der Waals surface area contributed by atoms with E-state index in [0.29, 0.717) is 6.54 Å². The van der Waals surface area contributed by atoms with E-state index in [1.54, 1.807) is 13.4 Å². The first-order valence-corrected chi connectivity index (χ1v) is 7.51. The second kappa shape index (κ2) is 9.49. The predicted molar refractivity (Wildman–Crippen MR) is 104 cm³/mol. The van der Waals surface area contributed by atoms with Crippen LogP contribution in [0.5, 0.6) is 0 Å². The number of benzene rings is 1. The van der Waals surface area contributed by atoms with Crippen molar-refractivity contribution in [3.8, 4) is 0 Å². The Morgan fingerprint density at radius 3 is 2.61 bits per heavy atom. The van der Waals surface area contributed by atoms with E-state index in [1.807, 2.05) is 4.57 Å². The molecule has 1 aromatic heterocycles. The lowest BCUT2D eigenvalue weighted by Crippen LogP contribution is -2.37. The summed E-state index contributed by atoms with van der Waals surface area (Å²) in [5.74, 6) is 1.66. The van der Waals surface area contributed by atoms with Gasteiger partial charge in [0.2, 0.25) is 0 Å². The predicted octanol–water partition coefficient (Wildman–Crippen LogP) is 2.40. The lowest BCUT2D eigenvalue weighted by Gasteiger charge is -2.13. The van der Waals surface area contributed by atoms with Crippen molar-refractivity contribution in [1.82, 2.24) is 25.4 Å². The minimum atomic E-state index is 0. The van der Waals surface area contributed by atoms with Gasteiger partial charge in [-0.25, -0.2) is 0 Å². The van der Waals surface area contributed by atoms with Gasteiger partial charge in [-0.3, -0.25) is 4.99 Å². The maximum absolute atomic E-state index is 4.24. The van der Waals surface area contributed by atoms with Gasteiger partial charge in [-0.1, -0.05) is 23.8 Å². The summed E-state index contributed by atoms with van der Waals surface area (Å²) in [5.41, 5.74) is 3.83. The standard InChI is InChI=1S/C16H24N6.HI/c1-5-22-11-20-21-15(22)10-19-16(17-4)18-9-14-7-6-12(2)8-13(14)3;/h6-8,11H,5,9-10H2,1-4H3,(H2,17,18,19);1H. The van der Waals surface area contributed by atoms with E-state index in [2.05, 4.69) is 64.8 Å². The Morgan fingerprint density at radius 1 is 1.22 bits per heavy atom. The van der Waals surface area contributed by atoms with Crippen LogP contribution in [0.25, 0.3) is 0 Å². The van der Waals surface area contributed by atoms with Gasteiger partial charge in [-0.15, -0.1) is 34.2 Å². The first kappa shape index (κ1) is 19.4. The Kier molecular flexibility index (Phi) is 8.01. The number of aryl methyl sites for hydroxylation is 3. The summed E-state index contributed by atoms with van der Waals surface area (Å²) >= 11 is 0. The summed E-state index contributed by atoms with van der Waals surface area (Å²) in [5, 5.41) is 14.6. The first-order chi connectivity index (χ1) is 10.6. The Balaban J connectivity index is 0.00000264. The molecule has 1 heterocycles. The lowest BCUT2D eigenvalue weighted by atomic mass is 10.1. The van der Waals surface area contributed by atoms with Crippen LogP contribution in [0.15, 0.2) is 29.5 Å². The average Bonchev–Trinajstić information content (AvgIpc) is 2.96. The zero-order valence-corrected chi connectivity index (χ0v) is 16.5. The topological polar surface area (TPSA) is 67.1 Å².